The molecule has 0 fully saturated rings. The molecule has 90 valence electrons. The molecule has 0 atom stereocenters. The Morgan fingerprint density at radius 2 is 2.18 bits per heavy atom. The fourth-order valence-electron chi connectivity index (χ4n) is 1.45. The molecule has 2 rings (SSSR count). The number of fused-ring (bicyclic) bond motifs is 1. The lowest BCUT2D eigenvalue weighted by Gasteiger charge is -2.11. The van der Waals surface area contributed by atoms with Crippen LogP contribution in [0.15, 0.2) is 21.0 Å². The molecule has 0 aliphatic rings. The van der Waals surface area contributed by atoms with Gasteiger partial charge in [-0.25, -0.2) is 4.79 Å². The predicted molar refractivity (Wildman–Crippen MR) is 65.4 cm³/mol. The van der Waals surface area contributed by atoms with E-state index in [1.165, 1.54) is 20.8 Å². The summed E-state index contributed by atoms with van der Waals surface area (Å²) in [5, 5.41) is 1.72. The topological polar surface area (TPSA) is 75.2 Å². The number of hydrogen-bond acceptors (Lipinski definition) is 4. The Bertz CT molecular complexity index is 680. The predicted octanol–water partition coefficient (Wildman–Crippen LogP) is -0.161. The van der Waals surface area contributed by atoms with E-state index in [9.17, 15) is 14.4 Å². The SMILES string of the molecule is CN(C)C(=O)Cn1c(=O)[nH]c(=O)c2sccc21. The number of aromatic amines is 1. The minimum atomic E-state index is -0.559. The maximum Gasteiger partial charge on any atom is 0.329 e. The minimum Gasteiger partial charge on any atom is -0.347 e. The van der Waals surface area contributed by atoms with Gasteiger partial charge in [0.2, 0.25) is 5.91 Å². The Labute approximate surface area is 100 Å². The van der Waals surface area contributed by atoms with Crippen LogP contribution in [0, 0.1) is 0 Å². The monoisotopic (exact) mass is 253 g/mol. The largest absolute Gasteiger partial charge is 0.347 e. The Balaban J connectivity index is 2.61. The average Bonchev–Trinajstić information content (AvgIpc) is 2.72. The smallest absolute Gasteiger partial charge is 0.329 e. The lowest BCUT2D eigenvalue weighted by molar-refractivity contribution is -0.129. The molecule has 6 nitrogen and oxygen atoms in total. The first kappa shape index (κ1) is 11.6. The summed E-state index contributed by atoms with van der Waals surface area (Å²) in [5.41, 5.74) is -0.469. The molecular weight excluding hydrogens is 242 g/mol. The quantitative estimate of drug-likeness (QED) is 0.808. The second-order valence-corrected chi connectivity index (χ2v) is 4.68. The normalized spacial score (nSPS) is 10.7. The molecule has 2 aromatic heterocycles. The molecule has 2 heterocycles. The number of nitrogens with one attached hydrogen (secondary N) is 1. The summed E-state index contributed by atoms with van der Waals surface area (Å²) in [5.74, 6) is -0.202. The van der Waals surface area contributed by atoms with Gasteiger partial charge in [-0.3, -0.25) is 19.1 Å². The molecule has 2 aromatic rings. The minimum absolute atomic E-state index is 0.0736. The van der Waals surface area contributed by atoms with Gasteiger partial charge in [0.1, 0.15) is 11.2 Å². The maximum absolute atomic E-state index is 11.7. The van der Waals surface area contributed by atoms with Gasteiger partial charge >= 0.3 is 5.69 Å². The van der Waals surface area contributed by atoms with Crippen LogP contribution in [0.4, 0.5) is 0 Å². The van der Waals surface area contributed by atoms with E-state index >= 15 is 0 Å². The molecule has 17 heavy (non-hydrogen) atoms. The second kappa shape index (κ2) is 4.17. The fraction of sp³-hybridized carbons (Fsp3) is 0.300. The van der Waals surface area contributed by atoms with Crippen molar-refractivity contribution in [3.05, 3.63) is 32.3 Å². The van der Waals surface area contributed by atoms with E-state index in [0.717, 1.165) is 0 Å². The molecule has 0 saturated heterocycles. The number of amides is 1. The van der Waals surface area contributed by atoms with Gasteiger partial charge in [-0.05, 0) is 11.4 Å². The second-order valence-electron chi connectivity index (χ2n) is 3.77. The van der Waals surface area contributed by atoms with E-state index < -0.39 is 11.2 Å². The third-order valence-electron chi connectivity index (χ3n) is 2.40. The third-order valence-corrected chi connectivity index (χ3v) is 3.30. The van der Waals surface area contributed by atoms with E-state index in [1.807, 2.05) is 0 Å². The van der Waals surface area contributed by atoms with E-state index in [-0.39, 0.29) is 12.5 Å². The van der Waals surface area contributed by atoms with Crippen LogP contribution in [0.3, 0.4) is 0 Å². The van der Waals surface area contributed by atoms with E-state index in [0.29, 0.717) is 10.2 Å². The molecule has 0 bridgehead atoms. The van der Waals surface area contributed by atoms with Gasteiger partial charge < -0.3 is 4.90 Å². The first-order valence-corrected chi connectivity index (χ1v) is 5.79. The molecule has 0 saturated carbocycles. The Morgan fingerprint density at radius 3 is 2.82 bits per heavy atom. The number of carbonyl (C=O) groups excluding carboxylic acids is 1. The number of likely N-dealkylation sites (N-methyl/N-ethyl adjacent to an activating group) is 1. The molecular formula is C10H11N3O3S. The van der Waals surface area contributed by atoms with Crippen LogP contribution in [0.25, 0.3) is 10.2 Å². The summed E-state index contributed by atoms with van der Waals surface area (Å²) in [4.78, 5) is 38.3. The number of carbonyl (C=O) groups is 1. The van der Waals surface area contributed by atoms with Crippen LogP contribution < -0.4 is 11.2 Å². The molecule has 0 aliphatic carbocycles. The van der Waals surface area contributed by atoms with Crippen molar-refractivity contribution in [2.24, 2.45) is 0 Å². The zero-order chi connectivity index (χ0) is 12.6. The third kappa shape index (κ3) is 2.01. The van der Waals surface area contributed by atoms with E-state index in [1.54, 1.807) is 25.5 Å². The summed E-state index contributed by atoms with van der Waals surface area (Å²) in [6.07, 6.45) is 0. The molecule has 1 N–H and O–H groups in total. The van der Waals surface area contributed by atoms with Crippen molar-refractivity contribution < 1.29 is 4.79 Å². The summed E-state index contributed by atoms with van der Waals surface area (Å²) >= 11 is 1.24. The van der Waals surface area contributed by atoms with Crippen LogP contribution in [0.2, 0.25) is 0 Å². The van der Waals surface area contributed by atoms with Crippen molar-refractivity contribution in [3.63, 3.8) is 0 Å². The molecule has 7 heteroatoms. The highest BCUT2D eigenvalue weighted by Gasteiger charge is 2.12. The van der Waals surface area contributed by atoms with Gasteiger partial charge in [0.25, 0.3) is 5.56 Å². The molecule has 0 aromatic carbocycles. The van der Waals surface area contributed by atoms with Gasteiger partial charge in [0.05, 0.1) is 5.52 Å². The van der Waals surface area contributed by atoms with Gasteiger partial charge in [0, 0.05) is 14.1 Å². The van der Waals surface area contributed by atoms with Crippen LogP contribution >= 0.6 is 11.3 Å². The lowest BCUT2D eigenvalue weighted by atomic mass is 10.4. The average molecular weight is 253 g/mol. The van der Waals surface area contributed by atoms with Crippen molar-refractivity contribution in [3.8, 4) is 0 Å². The molecule has 1 amide bonds. The fourth-order valence-corrected chi connectivity index (χ4v) is 2.24. The van der Waals surface area contributed by atoms with Crippen LogP contribution in [-0.2, 0) is 11.3 Å². The number of rotatable bonds is 2. The summed E-state index contributed by atoms with van der Waals surface area (Å²) < 4.78 is 1.73. The summed E-state index contributed by atoms with van der Waals surface area (Å²) in [6.45, 7) is -0.0736. The van der Waals surface area contributed by atoms with Gasteiger partial charge in [-0.15, -0.1) is 11.3 Å². The number of thiophene rings is 1. The zero-order valence-electron chi connectivity index (χ0n) is 9.39. The summed E-state index contributed by atoms with van der Waals surface area (Å²) in [6, 6.07) is 1.67. The van der Waals surface area contributed by atoms with Crippen molar-refractivity contribution in [1.82, 2.24) is 14.5 Å². The molecule has 0 radical (unpaired) electrons. The van der Waals surface area contributed by atoms with Gasteiger partial charge in [-0.2, -0.15) is 0 Å². The summed E-state index contributed by atoms with van der Waals surface area (Å²) in [7, 11) is 3.23. The zero-order valence-corrected chi connectivity index (χ0v) is 10.2. The number of hydrogen-bond donors (Lipinski definition) is 1. The molecule has 0 spiro atoms. The highest BCUT2D eigenvalue weighted by atomic mass is 32.1. The van der Waals surface area contributed by atoms with Gasteiger partial charge in [-0.1, -0.05) is 0 Å². The highest BCUT2D eigenvalue weighted by Crippen LogP contribution is 2.14. The Morgan fingerprint density at radius 1 is 1.47 bits per heavy atom. The first-order valence-electron chi connectivity index (χ1n) is 4.91. The number of nitrogens with zero attached hydrogens (tertiary/aromatic N) is 2. The van der Waals surface area contributed by atoms with Crippen molar-refractivity contribution in [1.29, 1.82) is 0 Å². The van der Waals surface area contributed by atoms with Crippen molar-refractivity contribution >= 4 is 27.5 Å². The van der Waals surface area contributed by atoms with Crippen LogP contribution in [0.1, 0.15) is 0 Å². The molecule has 0 aliphatic heterocycles. The van der Waals surface area contributed by atoms with E-state index in [4.69, 9.17) is 0 Å². The highest BCUT2D eigenvalue weighted by molar-refractivity contribution is 7.17. The van der Waals surface area contributed by atoms with Crippen molar-refractivity contribution in [2.45, 2.75) is 6.54 Å². The van der Waals surface area contributed by atoms with Crippen LogP contribution in [0.5, 0.6) is 0 Å². The lowest BCUT2D eigenvalue weighted by Crippen LogP contribution is -2.35. The first-order chi connectivity index (χ1) is 8.00. The van der Waals surface area contributed by atoms with E-state index in [2.05, 4.69) is 4.98 Å². The number of aromatic nitrogens is 2. The Hall–Kier alpha value is -1.89. The standard InChI is InChI=1S/C10H11N3O3S/c1-12(2)7(14)5-13-6-3-4-17-8(6)9(15)11-10(13)16/h3-4H,5H2,1-2H3,(H,11,15,16). The number of H-pyrrole nitrogens is 1. The van der Waals surface area contributed by atoms with Gasteiger partial charge in [0.15, 0.2) is 0 Å². The van der Waals surface area contributed by atoms with Crippen molar-refractivity contribution in [2.75, 3.05) is 14.1 Å². The Kier molecular flexibility index (Phi) is 2.84. The molecule has 0 unspecified atom stereocenters. The van der Waals surface area contributed by atoms with Crippen LogP contribution in [-0.4, -0.2) is 34.5 Å². The maximum atomic E-state index is 11.7.